The minimum atomic E-state index is 0.168. The van der Waals surface area contributed by atoms with E-state index in [1.54, 1.807) is 0 Å². The maximum Gasteiger partial charge on any atom is 0.119 e. The van der Waals surface area contributed by atoms with Crippen LogP contribution < -0.4 is 10.1 Å². The van der Waals surface area contributed by atoms with Gasteiger partial charge in [-0.25, -0.2) is 0 Å². The summed E-state index contributed by atoms with van der Waals surface area (Å²) in [6, 6.07) is 12.4. The van der Waals surface area contributed by atoms with E-state index in [0.29, 0.717) is 6.61 Å². The lowest BCUT2D eigenvalue weighted by molar-refractivity contribution is 0.272. The van der Waals surface area contributed by atoms with Crippen molar-refractivity contribution < 1.29 is 4.74 Å². The van der Waals surface area contributed by atoms with Crippen molar-refractivity contribution >= 4 is 11.6 Å². The van der Waals surface area contributed by atoms with E-state index in [4.69, 9.17) is 16.3 Å². The first-order chi connectivity index (χ1) is 10.0. The summed E-state index contributed by atoms with van der Waals surface area (Å²) >= 11 is 6.03. The molecule has 3 heteroatoms. The second-order valence-corrected chi connectivity index (χ2v) is 5.83. The van der Waals surface area contributed by atoms with E-state index < -0.39 is 0 Å². The van der Waals surface area contributed by atoms with E-state index in [1.807, 2.05) is 32.2 Å². The molecule has 0 radical (unpaired) electrons. The predicted molar refractivity (Wildman–Crippen MR) is 89.4 cm³/mol. The van der Waals surface area contributed by atoms with Gasteiger partial charge in [0.1, 0.15) is 12.4 Å². The van der Waals surface area contributed by atoms with Crippen LogP contribution in [0.5, 0.6) is 5.75 Å². The maximum absolute atomic E-state index is 6.03. The van der Waals surface area contributed by atoms with E-state index in [0.717, 1.165) is 16.3 Å². The Morgan fingerprint density at radius 2 is 1.81 bits per heavy atom. The Morgan fingerprint density at radius 3 is 2.43 bits per heavy atom. The molecule has 0 fully saturated rings. The zero-order chi connectivity index (χ0) is 15.4. The monoisotopic (exact) mass is 303 g/mol. The number of likely N-dealkylation sites (N-methyl/N-ethyl adjacent to an activating group) is 1. The number of benzene rings is 2. The first kappa shape index (κ1) is 15.9. The van der Waals surface area contributed by atoms with Crippen LogP contribution in [-0.2, 0) is 0 Å². The number of ether oxygens (including phenoxy) is 1. The summed E-state index contributed by atoms with van der Waals surface area (Å²) in [5, 5.41) is 4.09. The van der Waals surface area contributed by atoms with Crippen LogP contribution in [0.3, 0.4) is 0 Å². The third kappa shape index (κ3) is 3.99. The number of rotatable bonds is 5. The molecule has 0 bridgehead atoms. The largest absolute Gasteiger partial charge is 0.492 e. The molecule has 0 aliphatic carbocycles. The molecular weight excluding hydrogens is 282 g/mol. The molecule has 1 unspecified atom stereocenters. The lowest BCUT2D eigenvalue weighted by Crippen LogP contribution is -2.24. The van der Waals surface area contributed by atoms with Gasteiger partial charge in [0, 0.05) is 5.02 Å². The standard InChI is InChI=1S/C18H22ClNO/c1-12-5-7-16(13(2)9-12)18(20-4)11-21-15-6-8-17(19)14(3)10-15/h5-10,18,20H,11H2,1-4H3. The van der Waals surface area contributed by atoms with Crippen LogP contribution in [0, 0.1) is 20.8 Å². The van der Waals surface area contributed by atoms with Crippen molar-refractivity contribution in [3.05, 3.63) is 63.7 Å². The van der Waals surface area contributed by atoms with Gasteiger partial charge in [-0.2, -0.15) is 0 Å². The third-order valence-corrected chi connectivity index (χ3v) is 4.12. The fourth-order valence-corrected chi connectivity index (χ4v) is 2.55. The Hall–Kier alpha value is -1.51. The smallest absolute Gasteiger partial charge is 0.119 e. The van der Waals surface area contributed by atoms with Gasteiger partial charge in [-0.3, -0.25) is 0 Å². The number of halogens is 1. The average Bonchev–Trinajstić information content (AvgIpc) is 2.45. The first-order valence-electron chi connectivity index (χ1n) is 7.14. The molecule has 0 aliphatic heterocycles. The molecule has 0 saturated heterocycles. The van der Waals surface area contributed by atoms with Gasteiger partial charge in [0.2, 0.25) is 0 Å². The highest BCUT2D eigenvalue weighted by atomic mass is 35.5. The second kappa shape index (κ2) is 6.97. The first-order valence-corrected chi connectivity index (χ1v) is 7.52. The summed E-state index contributed by atoms with van der Waals surface area (Å²) in [6.45, 7) is 6.81. The maximum atomic E-state index is 6.03. The molecule has 0 aromatic heterocycles. The fraction of sp³-hybridized carbons (Fsp3) is 0.333. The van der Waals surface area contributed by atoms with Crippen molar-refractivity contribution in [1.29, 1.82) is 0 Å². The minimum Gasteiger partial charge on any atom is -0.492 e. The molecule has 1 atom stereocenters. The van der Waals surface area contributed by atoms with Gasteiger partial charge in [-0.05, 0) is 62.7 Å². The summed E-state index contributed by atoms with van der Waals surface area (Å²) in [5.41, 5.74) is 4.86. The van der Waals surface area contributed by atoms with Gasteiger partial charge in [-0.1, -0.05) is 35.4 Å². The topological polar surface area (TPSA) is 21.3 Å². The average molecular weight is 304 g/mol. The molecule has 2 aromatic rings. The van der Waals surface area contributed by atoms with Gasteiger partial charge in [0.15, 0.2) is 0 Å². The molecular formula is C18H22ClNO. The van der Waals surface area contributed by atoms with Crippen LogP contribution in [0.15, 0.2) is 36.4 Å². The van der Waals surface area contributed by atoms with Gasteiger partial charge in [0.05, 0.1) is 6.04 Å². The van der Waals surface area contributed by atoms with Crippen molar-refractivity contribution in [3.8, 4) is 5.75 Å². The van der Waals surface area contributed by atoms with E-state index in [-0.39, 0.29) is 6.04 Å². The lowest BCUT2D eigenvalue weighted by Gasteiger charge is -2.20. The van der Waals surface area contributed by atoms with Crippen LogP contribution in [0.1, 0.15) is 28.3 Å². The van der Waals surface area contributed by atoms with E-state index in [9.17, 15) is 0 Å². The third-order valence-electron chi connectivity index (χ3n) is 3.70. The molecule has 0 heterocycles. The summed E-state index contributed by atoms with van der Waals surface area (Å²) in [7, 11) is 1.96. The zero-order valence-corrected chi connectivity index (χ0v) is 13.8. The molecule has 0 aliphatic rings. The van der Waals surface area contributed by atoms with Crippen molar-refractivity contribution in [2.24, 2.45) is 0 Å². The van der Waals surface area contributed by atoms with E-state index in [2.05, 4.69) is 37.4 Å². The zero-order valence-electron chi connectivity index (χ0n) is 13.0. The summed E-state index contributed by atoms with van der Waals surface area (Å²) in [4.78, 5) is 0. The Kier molecular flexibility index (Phi) is 5.27. The molecule has 21 heavy (non-hydrogen) atoms. The highest BCUT2D eigenvalue weighted by molar-refractivity contribution is 6.31. The number of hydrogen-bond acceptors (Lipinski definition) is 2. The molecule has 112 valence electrons. The van der Waals surface area contributed by atoms with E-state index >= 15 is 0 Å². The van der Waals surface area contributed by atoms with Gasteiger partial charge in [-0.15, -0.1) is 0 Å². The van der Waals surface area contributed by atoms with Gasteiger partial charge < -0.3 is 10.1 Å². The quantitative estimate of drug-likeness (QED) is 0.871. The van der Waals surface area contributed by atoms with Crippen LogP contribution in [0.4, 0.5) is 0 Å². The normalized spacial score (nSPS) is 12.2. The fourth-order valence-electron chi connectivity index (χ4n) is 2.43. The van der Waals surface area contributed by atoms with Crippen molar-refractivity contribution in [2.75, 3.05) is 13.7 Å². The lowest BCUT2D eigenvalue weighted by atomic mass is 10.00. The van der Waals surface area contributed by atoms with Crippen molar-refractivity contribution in [1.82, 2.24) is 5.32 Å². The van der Waals surface area contributed by atoms with Crippen molar-refractivity contribution in [3.63, 3.8) is 0 Å². The van der Waals surface area contributed by atoms with Crippen LogP contribution in [0.2, 0.25) is 5.02 Å². The SMILES string of the molecule is CNC(COc1ccc(Cl)c(C)c1)c1ccc(C)cc1C. The molecule has 0 saturated carbocycles. The number of aryl methyl sites for hydroxylation is 3. The highest BCUT2D eigenvalue weighted by Gasteiger charge is 2.13. The van der Waals surface area contributed by atoms with Gasteiger partial charge >= 0.3 is 0 Å². The number of nitrogens with one attached hydrogen (secondary N) is 1. The molecule has 1 N–H and O–H groups in total. The summed E-state index contributed by atoms with van der Waals surface area (Å²) in [5.74, 6) is 0.849. The predicted octanol–water partition coefficient (Wildman–Crippen LogP) is 4.60. The van der Waals surface area contributed by atoms with Crippen LogP contribution in [-0.4, -0.2) is 13.7 Å². The molecule has 0 amide bonds. The molecule has 2 rings (SSSR count). The second-order valence-electron chi connectivity index (χ2n) is 5.42. The Bertz CT molecular complexity index is 625. The van der Waals surface area contributed by atoms with Gasteiger partial charge in [0.25, 0.3) is 0 Å². The molecule has 0 spiro atoms. The van der Waals surface area contributed by atoms with Crippen molar-refractivity contribution in [2.45, 2.75) is 26.8 Å². The number of hydrogen-bond donors (Lipinski definition) is 1. The Labute approximate surface area is 132 Å². The summed E-state index contributed by atoms with van der Waals surface area (Å²) < 4.78 is 5.91. The molecule has 2 aromatic carbocycles. The van der Waals surface area contributed by atoms with Crippen LogP contribution in [0.25, 0.3) is 0 Å². The van der Waals surface area contributed by atoms with E-state index in [1.165, 1.54) is 16.7 Å². The highest BCUT2D eigenvalue weighted by Crippen LogP contribution is 2.23. The minimum absolute atomic E-state index is 0.168. The summed E-state index contributed by atoms with van der Waals surface area (Å²) in [6.07, 6.45) is 0. The Morgan fingerprint density at radius 1 is 1.05 bits per heavy atom. The molecule has 2 nitrogen and oxygen atoms in total. The Balaban J connectivity index is 2.10. The van der Waals surface area contributed by atoms with Crippen LogP contribution >= 0.6 is 11.6 Å².